The Bertz CT molecular complexity index is 474. The molecular weight excluding hydrogens is 288 g/mol. The Balaban J connectivity index is 1.96. The highest BCUT2D eigenvalue weighted by molar-refractivity contribution is 5.78. The van der Waals surface area contributed by atoms with Crippen LogP contribution in [-0.4, -0.2) is 41.7 Å². The van der Waals surface area contributed by atoms with Crippen LogP contribution < -0.4 is 5.32 Å². The van der Waals surface area contributed by atoms with Gasteiger partial charge < -0.3 is 10.4 Å². The lowest BCUT2D eigenvalue weighted by atomic mass is 9.96. The van der Waals surface area contributed by atoms with E-state index in [1.54, 1.807) is 0 Å². The Morgan fingerprint density at radius 2 is 2.04 bits per heavy atom. The predicted molar refractivity (Wildman–Crippen MR) is 93.1 cm³/mol. The van der Waals surface area contributed by atoms with Gasteiger partial charge in [-0.3, -0.25) is 9.69 Å². The lowest BCUT2D eigenvalue weighted by molar-refractivity contribution is -0.124. The van der Waals surface area contributed by atoms with Gasteiger partial charge >= 0.3 is 0 Å². The highest BCUT2D eigenvalue weighted by atomic mass is 16.3. The molecule has 1 aromatic rings. The number of rotatable bonds is 7. The van der Waals surface area contributed by atoms with E-state index in [4.69, 9.17) is 0 Å². The second-order valence-corrected chi connectivity index (χ2v) is 6.83. The molecule has 0 spiro atoms. The lowest BCUT2D eigenvalue weighted by Gasteiger charge is -2.35. The molecule has 0 bridgehead atoms. The van der Waals surface area contributed by atoms with Crippen LogP contribution in [0.1, 0.15) is 51.1 Å². The van der Waals surface area contributed by atoms with Crippen LogP contribution in [0.2, 0.25) is 0 Å². The molecule has 2 unspecified atom stereocenters. The Hall–Kier alpha value is -1.39. The fourth-order valence-electron chi connectivity index (χ4n) is 3.44. The van der Waals surface area contributed by atoms with E-state index in [-0.39, 0.29) is 18.6 Å². The Morgan fingerprint density at radius 1 is 1.30 bits per heavy atom. The summed E-state index contributed by atoms with van der Waals surface area (Å²) in [6, 6.07) is 10.5. The minimum absolute atomic E-state index is 0.0461. The van der Waals surface area contributed by atoms with E-state index in [1.807, 2.05) is 18.2 Å². The molecule has 128 valence electrons. The second kappa shape index (κ2) is 9.04. The molecule has 0 aliphatic carbocycles. The van der Waals surface area contributed by atoms with Crippen LogP contribution in [0.3, 0.4) is 0 Å². The number of piperidine rings is 1. The summed E-state index contributed by atoms with van der Waals surface area (Å²) in [5.41, 5.74) is 1.15. The van der Waals surface area contributed by atoms with Crippen molar-refractivity contribution in [3.63, 3.8) is 0 Å². The van der Waals surface area contributed by atoms with Gasteiger partial charge in [-0.05, 0) is 37.3 Å². The summed E-state index contributed by atoms with van der Waals surface area (Å²) in [6.45, 7) is 5.85. The SMILES string of the molecule is CC(C)C(NC(=O)CN1CCCCC1CCO)c1ccccc1. The first kappa shape index (κ1) is 18.0. The maximum absolute atomic E-state index is 12.5. The first-order valence-electron chi connectivity index (χ1n) is 8.81. The number of hydrogen-bond donors (Lipinski definition) is 2. The molecule has 0 aromatic heterocycles. The molecular formula is C19H30N2O2. The number of nitrogens with one attached hydrogen (secondary N) is 1. The zero-order valence-corrected chi connectivity index (χ0v) is 14.4. The number of likely N-dealkylation sites (tertiary alicyclic amines) is 1. The standard InChI is InChI=1S/C19H30N2O2/c1-15(2)19(16-8-4-3-5-9-16)20-18(23)14-21-12-7-6-10-17(21)11-13-22/h3-5,8-9,15,17,19,22H,6-7,10-14H2,1-2H3,(H,20,23). The van der Waals surface area contributed by atoms with Crippen molar-refractivity contribution in [2.45, 2.75) is 51.6 Å². The summed E-state index contributed by atoms with van der Waals surface area (Å²) in [5.74, 6) is 0.424. The van der Waals surface area contributed by atoms with Crippen molar-refractivity contribution in [2.75, 3.05) is 19.7 Å². The Morgan fingerprint density at radius 3 is 2.70 bits per heavy atom. The van der Waals surface area contributed by atoms with Crippen molar-refractivity contribution < 1.29 is 9.90 Å². The predicted octanol–water partition coefficient (Wildman–Crippen LogP) is 2.74. The van der Waals surface area contributed by atoms with Crippen molar-refractivity contribution in [3.05, 3.63) is 35.9 Å². The first-order chi connectivity index (χ1) is 11.1. The van der Waals surface area contributed by atoms with Crippen molar-refractivity contribution in [3.8, 4) is 0 Å². The number of aliphatic hydroxyl groups excluding tert-OH is 1. The zero-order chi connectivity index (χ0) is 16.7. The third-order valence-corrected chi connectivity index (χ3v) is 4.70. The van der Waals surface area contributed by atoms with Gasteiger partial charge in [-0.1, -0.05) is 50.6 Å². The molecule has 2 N–H and O–H groups in total. The highest BCUT2D eigenvalue weighted by Crippen LogP contribution is 2.22. The number of nitrogens with zero attached hydrogens (tertiary/aromatic N) is 1. The number of hydrogen-bond acceptors (Lipinski definition) is 3. The number of amides is 1. The van der Waals surface area contributed by atoms with Crippen molar-refractivity contribution in [2.24, 2.45) is 5.92 Å². The molecule has 23 heavy (non-hydrogen) atoms. The van der Waals surface area contributed by atoms with Gasteiger partial charge in [-0.15, -0.1) is 0 Å². The van der Waals surface area contributed by atoms with Crippen LogP contribution >= 0.6 is 0 Å². The van der Waals surface area contributed by atoms with Gasteiger partial charge in [0.2, 0.25) is 5.91 Å². The van der Waals surface area contributed by atoms with Crippen molar-refractivity contribution in [1.29, 1.82) is 0 Å². The molecule has 1 saturated heterocycles. The van der Waals surface area contributed by atoms with E-state index >= 15 is 0 Å². The van der Waals surface area contributed by atoms with Gasteiger partial charge in [0.05, 0.1) is 12.6 Å². The quantitative estimate of drug-likeness (QED) is 0.813. The van der Waals surface area contributed by atoms with Crippen molar-refractivity contribution >= 4 is 5.91 Å². The molecule has 2 atom stereocenters. The van der Waals surface area contributed by atoms with Crippen LogP contribution in [0.15, 0.2) is 30.3 Å². The van der Waals surface area contributed by atoms with Gasteiger partial charge in [-0.2, -0.15) is 0 Å². The maximum Gasteiger partial charge on any atom is 0.234 e. The molecule has 1 heterocycles. The average molecular weight is 318 g/mol. The van der Waals surface area contributed by atoms with Gasteiger partial charge in [0, 0.05) is 12.6 Å². The smallest absolute Gasteiger partial charge is 0.234 e. The average Bonchev–Trinajstić information content (AvgIpc) is 2.55. The molecule has 0 radical (unpaired) electrons. The van der Waals surface area contributed by atoms with E-state index in [1.165, 1.54) is 6.42 Å². The minimum atomic E-state index is 0.0461. The summed E-state index contributed by atoms with van der Waals surface area (Å²) in [6.07, 6.45) is 4.18. The molecule has 4 heteroatoms. The van der Waals surface area contributed by atoms with E-state index in [9.17, 15) is 9.90 Å². The summed E-state index contributed by atoms with van der Waals surface area (Å²) in [5, 5.41) is 12.4. The van der Waals surface area contributed by atoms with Gasteiger partial charge in [-0.25, -0.2) is 0 Å². The molecule has 1 aliphatic heterocycles. The summed E-state index contributed by atoms with van der Waals surface area (Å²) in [7, 11) is 0. The summed E-state index contributed by atoms with van der Waals surface area (Å²) in [4.78, 5) is 14.8. The van der Waals surface area contributed by atoms with E-state index in [0.29, 0.717) is 18.5 Å². The van der Waals surface area contributed by atoms with Crippen LogP contribution in [0.5, 0.6) is 0 Å². The largest absolute Gasteiger partial charge is 0.396 e. The van der Waals surface area contributed by atoms with E-state index in [0.717, 1.165) is 31.4 Å². The molecule has 1 fully saturated rings. The molecule has 1 aromatic carbocycles. The molecule has 4 nitrogen and oxygen atoms in total. The third-order valence-electron chi connectivity index (χ3n) is 4.70. The molecule has 1 aliphatic rings. The van der Waals surface area contributed by atoms with E-state index in [2.05, 4.69) is 36.2 Å². The summed E-state index contributed by atoms with van der Waals surface area (Å²) < 4.78 is 0. The van der Waals surface area contributed by atoms with Gasteiger partial charge in [0.25, 0.3) is 0 Å². The van der Waals surface area contributed by atoms with Crippen LogP contribution in [0.25, 0.3) is 0 Å². The van der Waals surface area contributed by atoms with E-state index < -0.39 is 0 Å². The molecule has 1 amide bonds. The number of aliphatic hydroxyl groups is 1. The van der Waals surface area contributed by atoms with Gasteiger partial charge in [0.1, 0.15) is 0 Å². The Kier molecular flexibility index (Phi) is 7.06. The van der Waals surface area contributed by atoms with Crippen LogP contribution in [0, 0.1) is 5.92 Å². The number of carbonyl (C=O) groups excluding carboxylic acids is 1. The number of benzene rings is 1. The fourth-order valence-corrected chi connectivity index (χ4v) is 3.44. The minimum Gasteiger partial charge on any atom is -0.396 e. The molecule has 2 rings (SSSR count). The first-order valence-corrected chi connectivity index (χ1v) is 8.81. The maximum atomic E-state index is 12.5. The van der Waals surface area contributed by atoms with Crippen LogP contribution in [0.4, 0.5) is 0 Å². The number of carbonyl (C=O) groups is 1. The fraction of sp³-hybridized carbons (Fsp3) is 0.632. The van der Waals surface area contributed by atoms with Crippen molar-refractivity contribution in [1.82, 2.24) is 10.2 Å². The second-order valence-electron chi connectivity index (χ2n) is 6.83. The lowest BCUT2D eigenvalue weighted by Crippen LogP contribution is -2.47. The zero-order valence-electron chi connectivity index (χ0n) is 14.4. The van der Waals surface area contributed by atoms with Crippen LogP contribution in [-0.2, 0) is 4.79 Å². The highest BCUT2D eigenvalue weighted by Gasteiger charge is 2.25. The monoisotopic (exact) mass is 318 g/mol. The van der Waals surface area contributed by atoms with Gasteiger partial charge in [0.15, 0.2) is 0 Å². The molecule has 0 saturated carbocycles. The normalized spacial score (nSPS) is 20.4. The Labute approximate surface area is 139 Å². The summed E-state index contributed by atoms with van der Waals surface area (Å²) >= 11 is 0. The topological polar surface area (TPSA) is 52.6 Å². The third kappa shape index (κ3) is 5.33.